The summed E-state index contributed by atoms with van der Waals surface area (Å²) in [6.45, 7) is 9.24. The summed E-state index contributed by atoms with van der Waals surface area (Å²) in [5.41, 5.74) is 8.93. The van der Waals surface area contributed by atoms with Crippen LogP contribution < -0.4 is 0 Å². The van der Waals surface area contributed by atoms with E-state index in [4.69, 9.17) is 0 Å². The van der Waals surface area contributed by atoms with E-state index in [1.165, 1.54) is 39.8 Å². The Kier molecular flexibility index (Phi) is 6.45. The van der Waals surface area contributed by atoms with Gasteiger partial charge in [0.05, 0.1) is 0 Å². The fraction of sp³-hybridized carbons (Fsp3) is 0.333. The van der Waals surface area contributed by atoms with Gasteiger partial charge < -0.3 is 0 Å². The van der Waals surface area contributed by atoms with Crippen molar-refractivity contribution in [1.29, 1.82) is 0 Å². The molecule has 0 bridgehead atoms. The van der Waals surface area contributed by atoms with Gasteiger partial charge in [-0.05, 0) is 61.3 Å². The largest absolute Gasteiger partial charge is 0.0859 e. The maximum absolute atomic E-state index is 2.52. The predicted octanol–water partition coefficient (Wildman–Crippen LogP) is 7.68. The number of hydrogen-bond acceptors (Lipinski definition) is 0. The van der Waals surface area contributed by atoms with E-state index in [0.717, 1.165) is 6.42 Å². The van der Waals surface area contributed by atoms with Crippen molar-refractivity contribution in [2.75, 3.05) is 0 Å². The Morgan fingerprint density at radius 3 is 2.04 bits per heavy atom. The molecule has 0 N–H and O–H groups in total. The van der Waals surface area contributed by atoms with Crippen molar-refractivity contribution in [2.45, 2.75) is 46.5 Å². The minimum atomic E-state index is 0. The summed E-state index contributed by atoms with van der Waals surface area (Å²) in [4.78, 5) is 0. The summed E-state index contributed by atoms with van der Waals surface area (Å²) in [7, 11) is 0. The first-order valence-electron chi connectivity index (χ1n) is 10.2. The molecule has 0 aliphatic heterocycles. The minimum absolute atomic E-state index is 0. The van der Waals surface area contributed by atoms with Crippen molar-refractivity contribution in [3.05, 3.63) is 95.1 Å². The van der Waals surface area contributed by atoms with Crippen LogP contribution in [0.3, 0.4) is 0 Å². The Labute approximate surface area is 189 Å². The molecule has 2 aromatic carbocycles. The molecule has 0 aromatic heterocycles. The fourth-order valence-corrected chi connectivity index (χ4v) is 5.33. The average molecular weight is 446 g/mol. The van der Waals surface area contributed by atoms with Crippen molar-refractivity contribution < 1.29 is 26.2 Å². The van der Waals surface area contributed by atoms with Crippen molar-refractivity contribution in [3.63, 3.8) is 0 Å². The van der Waals surface area contributed by atoms with Crippen LogP contribution in [0, 0.1) is 11.3 Å². The standard InChI is InChI=1S/C27H30.Zr/c1-19(2)11-10-18-27(4,25-17-9-12-20(25)3)26-23-15-7-5-13-21(23)22-14-6-8-16-24(22)26;/h5-9,11-17,25-26H,10,18H2,1-4H3;. The van der Waals surface area contributed by atoms with Crippen LogP contribution in [0.25, 0.3) is 11.1 Å². The van der Waals surface area contributed by atoms with E-state index in [9.17, 15) is 0 Å². The molecule has 2 unspecified atom stereocenters. The summed E-state index contributed by atoms with van der Waals surface area (Å²) in [5, 5.41) is 0. The number of allylic oxidation sites excluding steroid dienone is 6. The summed E-state index contributed by atoms with van der Waals surface area (Å²) in [6.07, 6.45) is 11.7. The van der Waals surface area contributed by atoms with Crippen LogP contribution in [0.4, 0.5) is 0 Å². The topological polar surface area (TPSA) is 0 Å². The summed E-state index contributed by atoms with van der Waals surface area (Å²) in [6, 6.07) is 18.1. The molecule has 0 fully saturated rings. The van der Waals surface area contributed by atoms with E-state index in [0.29, 0.717) is 11.8 Å². The molecule has 0 saturated carbocycles. The third-order valence-corrected chi connectivity index (χ3v) is 6.59. The van der Waals surface area contributed by atoms with Gasteiger partial charge in [-0.25, -0.2) is 0 Å². The first-order chi connectivity index (χ1) is 13.0. The quantitative estimate of drug-likeness (QED) is 0.414. The van der Waals surface area contributed by atoms with Crippen LogP contribution in [-0.4, -0.2) is 0 Å². The first kappa shape index (κ1) is 21.3. The molecule has 4 rings (SSSR count). The Hall–Kier alpha value is -1.46. The SMILES string of the molecule is CC(C)=CCCC(C)(C1C=CC=C1C)C1c2ccccc2-c2ccccc21.[Zr]. The van der Waals surface area contributed by atoms with Gasteiger partial charge in [0, 0.05) is 38.0 Å². The maximum atomic E-state index is 2.52. The minimum Gasteiger partial charge on any atom is -0.0859 e. The van der Waals surface area contributed by atoms with Crippen molar-refractivity contribution in [3.8, 4) is 11.1 Å². The Morgan fingerprint density at radius 2 is 1.54 bits per heavy atom. The Morgan fingerprint density at radius 1 is 0.964 bits per heavy atom. The third kappa shape index (κ3) is 3.59. The fourth-order valence-electron chi connectivity index (χ4n) is 5.33. The van der Waals surface area contributed by atoms with Gasteiger partial charge >= 0.3 is 0 Å². The van der Waals surface area contributed by atoms with E-state index in [2.05, 4.69) is 101 Å². The smallest absolute Gasteiger partial charge is 0.0164 e. The van der Waals surface area contributed by atoms with Gasteiger partial charge in [0.25, 0.3) is 0 Å². The van der Waals surface area contributed by atoms with Crippen LogP contribution in [-0.2, 0) is 26.2 Å². The summed E-state index contributed by atoms with van der Waals surface area (Å²) in [5.74, 6) is 0.929. The average Bonchev–Trinajstić information content (AvgIpc) is 3.23. The number of rotatable bonds is 5. The maximum Gasteiger partial charge on any atom is 0.0164 e. The zero-order chi connectivity index (χ0) is 19.0. The Bertz CT molecular complexity index is 897. The van der Waals surface area contributed by atoms with Gasteiger partial charge in [-0.2, -0.15) is 0 Å². The molecule has 0 radical (unpaired) electrons. The van der Waals surface area contributed by atoms with Crippen LogP contribution >= 0.6 is 0 Å². The molecule has 142 valence electrons. The number of benzene rings is 2. The van der Waals surface area contributed by atoms with Crippen molar-refractivity contribution in [1.82, 2.24) is 0 Å². The molecule has 0 amide bonds. The molecule has 28 heavy (non-hydrogen) atoms. The molecule has 1 heteroatoms. The zero-order valence-corrected chi connectivity index (χ0v) is 20.0. The van der Waals surface area contributed by atoms with E-state index >= 15 is 0 Å². The van der Waals surface area contributed by atoms with E-state index in [1.54, 1.807) is 0 Å². The number of fused-ring (bicyclic) bond motifs is 3. The monoisotopic (exact) mass is 444 g/mol. The van der Waals surface area contributed by atoms with Crippen LogP contribution in [0.5, 0.6) is 0 Å². The van der Waals surface area contributed by atoms with E-state index < -0.39 is 0 Å². The van der Waals surface area contributed by atoms with Crippen molar-refractivity contribution >= 4 is 0 Å². The molecule has 0 heterocycles. The van der Waals surface area contributed by atoms with Gasteiger partial charge in [-0.3, -0.25) is 0 Å². The second kappa shape index (κ2) is 8.50. The van der Waals surface area contributed by atoms with E-state index in [1.807, 2.05) is 0 Å². The van der Waals surface area contributed by atoms with Gasteiger partial charge in [0.2, 0.25) is 0 Å². The number of hydrogen-bond donors (Lipinski definition) is 0. The van der Waals surface area contributed by atoms with Gasteiger partial charge in [0.1, 0.15) is 0 Å². The molecule has 2 aromatic rings. The molecule has 0 nitrogen and oxygen atoms in total. The first-order valence-corrected chi connectivity index (χ1v) is 10.2. The predicted molar refractivity (Wildman–Crippen MR) is 117 cm³/mol. The third-order valence-electron chi connectivity index (χ3n) is 6.59. The van der Waals surface area contributed by atoms with Crippen LogP contribution in [0.1, 0.15) is 57.6 Å². The van der Waals surface area contributed by atoms with Crippen molar-refractivity contribution in [2.24, 2.45) is 11.3 Å². The molecular formula is C27H30Zr. The summed E-state index contributed by atoms with van der Waals surface area (Å²) >= 11 is 0. The second-order valence-electron chi connectivity index (χ2n) is 8.71. The molecule has 0 saturated heterocycles. The van der Waals surface area contributed by atoms with Crippen LogP contribution in [0.15, 0.2) is 84.0 Å². The normalized spacial score (nSPS) is 19.3. The Balaban J connectivity index is 0.00000225. The second-order valence-corrected chi connectivity index (χ2v) is 8.71. The van der Waals surface area contributed by atoms with Gasteiger partial charge in [-0.1, -0.05) is 90.9 Å². The zero-order valence-electron chi connectivity index (χ0n) is 17.5. The molecular weight excluding hydrogens is 416 g/mol. The van der Waals surface area contributed by atoms with Gasteiger partial charge in [-0.15, -0.1) is 0 Å². The van der Waals surface area contributed by atoms with E-state index in [-0.39, 0.29) is 31.6 Å². The van der Waals surface area contributed by atoms with Gasteiger partial charge in [0.15, 0.2) is 0 Å². The molecule has 2 atom stereocenters. The molecule has 0 spiro atoms. The molecule has 2 aliphatic carbocycles. The van der Waals surface area contributed by atoms with Crippen LogP contribution in [0.2, 0.25) is 0 Å². The molecule has 2 aliphatic rings. The summed E-state index contributed by atoms with van der Waals surface area (Å²) < 4.78 is 0.